The number of para-hydroxylation sites is 2. The van der Waals surface area contributed by atoms with Gasteiger partial charge in [0.05, 0.1) is 5.82 Å². The highest BCUT2D eigenvalue weighted by molar-refractivity contribution is 5.95. The molecule has 3 heterocycles. The van der Waals surface area contributed by atoms with Crippen molar-refractivity contribution in [3.05, 3.63) is 90.4 Å². The average molecular weight is 528 g/mol. The van der Waals surface area contributed by atoms with Crippen molar-refractivity contribution in [3.63, 3.8) is 0 Å². The molecule has 1 atom stereocenters. The molecule has 1 fully saturated rings. The third-order valence-electron chi connectivity index (χ3n) is 8.04. The number of nitrogens with one attached hydrogen (secondary N) is 1. The highest BCUT2D eigenvalue weighted by Crippen LogP contribution is 2.31. The maximum Gasteiger partial charge on any atom is 0.227 e. The summed E-state index contributed by atoms with van der Waals surface area (Å²) in [5, 5.41) is 1.22. The lowest BCUT2D eigenvalue weighted by Crippen LogP contribution is -2.43. The Morgan fingerprint density at radius 3 is 2.46 bits per heavy atom. The Balaban J connectivity index is 0.000000247. The second kappa shape index (κ2) is 13.0. The summed E-state index contributed by atoms with van der Waals surface area (Å²) in [5.41, 5.74) is 11.6. The van der Waals surface area contributed by atoms with Crippen LogP contribution in [0.5, 0.6) is 0 Å². The van der Waals surface area contributed by atoms with E-state index in [4.69, 9.17) is 5.73 Å². The predicted octanol–water partition coefficient (Wildman–Crippen LogP) is 5.57. The van der Waals surface area contributed by atoms with Gasteiger partial charge in [-0.05, 0) is 81.8 Å². The zero-order valence-electron chi connectivity index (χ0n) is 24.0. The summed E-state index contributed by atoms with van der Waals surface area (Å²) in [5.74, 6) is 2.10. The number of rotatable bonds is 7. The molecule has 2 aliphatic rings. The number of piperidine rings is 1. The van der Waals surface area contributed by atoms with Gasteiger partial charge < -0.3 is 25.4 Å². The van der Waals surface area contributed by atoms with Gasteiger partial charge in [-0.2, -0.15) is 0 Å². The van der Waals surface area contributed by atoms with E-state index in [1.54, 1.807) is 0 Å². The molecule has 1 saturated heterocycles. The topological polar surface area (TPSA) is 68.6 Å². The van der Waals surface area contributed by atoms with E-state index in [1.807, 2.05) is 29.3 Å². The molecule has 208 valence electrons. The van der Waals surface area contributed by atoms with Crippen molar-refractivity contribution in [2.45, 2.75) is 39.0 Å². The molecule has 1 amide bonds. The number of aromatic nitrogens is 1. The van der Waals surface area contributed by atoms with Crippen molar-refractivity contribution < 1.29 is 4.79 Å². The number of aryl methyl sites for hydroxylation is 1. The minimum atomic E-state index is 0.219. The van der Waals surface area contributed by atoms with E-state index < -0.39 is 0 Å². The molecule has 0 radical (unpaired) electrons. The predicted molar refractivity (Wildman–Crippen MR) is 164 cm³/mol. The summed E-state index contributed by atoms with van der Waals surface area (Å²) in [6, 6.07) is 16.6. The summed E-state index contributed by atoms with van der Waals surface area (Å²) in [6.45, 7) is 13.7. The van der Waals surface area contributed by atoms with Gasteiger partial charge >= 0.3 is 0 Å². The second-order valence-electron chi connectivity index (χ2n) is 11.4. The van der Waals surface area contributed by atoms with Gasteiger partial charge in [0.25, 0.3) is 0 Å². The lowest BCUT2D eigenvalue weighted by Gasteiger charge is -2.36. The number of hydrogen-bond donors (Lipinski definition) is 2. The first-order valence-electron chi connectivity index (χ1n) is 14.2. The summed E-state index contributed by atoms with van der Waals surface area (Å²) < 4.78 is 0. The third-order valence-corrected chi connectivity index (χ3v) is 8.04. The largest absolute Gasteiger partial charge is 0.386 e. The first-order valence-corrected chi connectivity index (χ1v) is 14.2. The third kappa shape index (κ3) is 7.33. The van der Waals surface area contributed by atoms with Gasteiger partial charge in [-0.15, -0.1) is 0 Å². The van der Waals surface area contributed by atoms with Gasteiger partial charge in [0.15, 0.2) is 0 Å². The molecule has 1 unspecified atom stereocenters. The van der Waals surface area contributed by atoms with Crippen LogP contribution in [-0.4, -0.2) is 61.0 Å². The van der Waals surface area contributed by atoms with Crippen LogP contribution in [0.25, 0.3) is 10.9 Å². The van der Waals surface area contributed by atoms with Crippen LogP contribution in [-0.2, 0) is 17.6 Å². The van der Waals surface area contributed by atoms with Crippen LogP contribution < -0.4 is 10.6 Å². The van der Waals surface area contributed by atoms with Gasteiger partial charge in [-0.25, -0.2) is 0 Å². The smallest absolute Gasteiger partial charge is 0.227 e. The molecule has 6 nitrogen and oxygen atoms in total. The molecule has 0 bridgehead atoms. The van der Waals surface area contributed by atoms with E-state index in [0.717, 1.165) is 50.2 Å². The number of nitrogens with zero attached hydrogens (tertiary/aromatic N) is 3. The van der Waals surface area contributed by atoms with Crippen molar-refractivity contribution in [3.8, 4) is 0 Å². The molecule has 0 aliphatic carbocycles. The number of fused-ring (bicyclic) bond motifs is 2. The Labute approximate surface area is 234 Å². The van der Waals surface area contributed by atoms with Gasteiger partial charge in [0, 0.05) is 55.4 Å². The molecule has 39 heavy (non-hydrogen) atoms. The highest BCUT2D eigenvalue weighted by atomic mass is 16.2. The zero-order chi connectivity index (χ0) is 27.9. The van der Waals surface area contributed by atoms with Crippen molar-refractivity contribution in [2.24, 2.45) is 17.6 Å². The van der Waals surface area contributed by atoms with Crippen molar-refractivity contribution >= 4 is 22.5 Å². The number of carbonyl (C=O) groups excluding carboxylic acids is 1. The molecule has 2 aromatic carbocycles. The summed E-state index contributed by atoms with van der Waals surface area (Å²) in [7, 11) is 4.20. The van der Waals surface area contributed by atoms with Crippen molar-refractivity contribution in [2.75, 3.05) is 45.2 Å². The van der Waals surface area contributed by atoms with Crippen LogP contribution in [0.1, 0.15) is 37.3 Å². The molecule has 5 rings (SSSR count). The van der Waals surface area contributed by atoms with Crippen LogP contribution >= 0.6 is 0 Å². The fourth-order valence-corrected chi connectivity index (χ4v) is 5.93. The van der Waals surface area contributed by atoms with E-state index in [2.05, 4.69) is 79.3 Å². The number of amides is 1. The maximum atomic E-state index is 13.1. The fourth-order valence-electron chi connectivity index (χ4n) is 5.93. The van der Waals surface area contributed by atoms with Crippen LogP contribution in [0.2, 0.25) is 0 Å². The molecule has 0 spiro atoms. The van der Waals surface area contributed by atoms with E-state index in [-0.39, 0.29) is 5.91 Å². The Morgan fingerprint density at radius 1 is 1.08 bits per heavy atom. The molecule has 6 heteroatoms. The standard InChI is InChI=1S/C23H27N3O.C10H18N2/c1-25(2)15-17-13-18-7-3-6-10-22(18)26(16-17)23(27)12-11-19-14-24-21-9-5-4-8-20(19)21;1-8(2)10-4-6-12(7-5-10)9(3)11/h3-10,14,17,24H,11-13,15-16H2,1-2H3;10H,1,3-7,11H2,2H3. The Bertz CT molecular complexity index is 1260. The number of nitrogens with two attached hydrogens (primary N) is 1. The van der Waals surface area contributed by atoms with Crippen LogP contribution in [0, 0.1) is 11.8 Å². The Kier molecular flexibility index (Phi) is 9.52. The van der Waals surface area contributed by atoms with E-state index in [0.29, 0.717) is 24.1 Å². The molecule has 3 aromatic rings. The number of H-pyrrole nitrogens is 1. The quantitative estimate of drug-likeness (QED) is 0.394. The SMILES string of the molecule is C=C(C)C1CCN(C(=C)N)CC1.CN(C)CC1Cc2ccccc2N(C(=O)CCc2c[nH]c3ccccc23)C1. The molecule has 1 aromatic heterocycles. The van der Waals surface area contributed by atoms with Gasteiger partial charge in [-0.1, -0.05) is 55.1 Å². The zero-order valence-corrected chi connectivity index (χ0v) is 24.0. The van der Waals surface area contributed by atoms with Crippen LogP contribution in [0.15, 0.2) is 79.3 Å². The molecule has 2 aliphatic heterocycles. The normalized spacial score (nSPS) is 17.5. The van der Waals surface area contributed by atoms with E-state index in [9.17, 15) is 4.79 Å². The van der Waals surface area contributed by atoms with Gasteiger partial charge in [0.1, 0.15) is 0 Å². The van der Waals surface area contributed by atoms with Crippen LogP contribution in [0.3, 0.4) is 0 Å². The summed E-state index contributed by atoms with van der Waals surface area (Å²) >= 11 is 0. The van der Waals surface area contributed by atoms with E-state index >= 15 is 0 Å². The Morgan fingerprint density at radius 2 is 1.77 bits per heavy atom. The molecule has 0 saturated carbocycles. The lowest BCUT2D eigenvalue weighted by molar-refractivity contribution is -0.118. The molecule has 3 N–H and O–H groups in total. The molecular formula is C33H45N5O. The number of hydrogen-bond acceptors (Lipinski definition) is 4. The van der Waals surface area contributed by atoms with Crippen molar-refractivity contribution in [1.82, 2.24) is 14.8 Å². The number of carbonyl (C=O) groups is 1. The van der Waals surface area contributed by atoms with E-state index in [1.165, 1.54) is 34.9 Å². The number of benzene rings is 2. The van der Waals surface area contributed by atoms with Gasteiger partial charge in [-0.3, -0.25) is 4.79 Å². The fraction of sp³-hybridized carbons (Fsp3) is 0.424. The van der Waals surface area contributed by atoms with Crippen molar-refractivity contribution in [1.29, 1.82) is 0 Å². The number of anilines is 1. The number of likely N-dealkylation sites (tertiary alicyclic amines) is 1. The first kappa shape index (κ1) is 28.5. The molecular weight excluding hydrogens is 482 g/mol. The second-order valence-corrected chi connectivity index (χ2v) is 11.4. The maximum absolute atomic E-state index is 13.1. The highest BCUT2D eigenvalue weighted by Gasteiger charge is 2.28. The Hall–Kier alpha value is -3.51. The van der Waals surface area contributed by atoms with Crippen LogP contribution in [0.4, 0.5) is 5.69 Å². The number of aromatic amines is 1. The first-order chi connectivity index (χ1) is 18.7. The average Bonchev–Trinajstić information content (AvgIpc) is 3.34. The number of allylic oxidation sites excluding steroid dienone is 1. The lowest BCUT2D eigenvalue weighted by atomic mass is 9.91. The summed E-state index contributed by atoms with van der Waals surface area (Å²) in [4.78, 5) is 22.8. The summed E-state index contributed by atoms with van der Waals surface area (Å²) in [6.07, 6.45) is 6.72. The van der Waals surface area contributed by atoms with Gasteiger partial charge in [0.2, 0.25) is 5.91 Å². The minimum Gasteiger partial charge on any atom is -0.386 e. The minimum absolute atomic E-state index is 0.219. The monoisotopic (exact) mass is 527 g/mol.